The Morgan fingerprint density at radius 3 is 1.84 bits per heavy atom. The SMILES string of the molecule is CC(C)(C)c1ccnc(-n2c3ccccc3c3c(C(C)(C)C)cc(Oc4cccc(N5CN(c6cc(-c7ccccc7)cc(C(C)(C)c7ccccc7)c6)c6cc(C(C)(C)C)ccc65)c4)cc32)c1. The number of aromatic nitrogens is 2. The van der Waals surface area contributed by atoms with Crippen molar-refractivity contribution in [1.82, 2.24) is 9.55 Å². The Morgan fingerprint density at radius 2 is 1.12 bits per heavy atom. The van der Waals surface area contributed by atoms with Crippen molar-refractivity contribution in [2.45, 2.75) is 97.8 Å². The Labute approximate surface area is 403 Å². The highest BCUT2D eigenvalue weighted by atomic mass is 16.5. The molecule has 0 radical (unpaired) electrons. The first-order chi connectivity index (χ1) is 32.3. The molecule has 0 unspecified atom stereocenters. The summed E-state index contributed by atoms with van der Waals surface area (Å²) in [5, 5.41) is 2.44. The van der Waals surface area contributed by atoms with E-state index in [1.807, 2.05) is 6.20 Å². The van der Waals surface area contributed by atoms with Crippen LogP contribution in [0.1, 0.15) is 104 Å². The first-order valence-corrected chi connectivity index (χ1v) is 24.1. The van der Waals surface area contributed by atoms with Crippen molar-refractivity contribution in [2.75, 3.05) is 16.5 Å². The Hall–Kier alpha value is -7.11. The van der Waals surface area contributed by atoms with Crippen LogP contribution in [0.25, 0.3) is 38.8 Å². The molecule has 3 heterocycles. The predicted octanol–water partition coefficient (Wildman–Crippen LogP) is 17.1. The topological polar surface area (TPSA) is 33.5 Å². The molecule has 5 heteroatoms. The summed E-state index contributed by atoms with van der Waals surface area (Å²) in [5.74, 6) is 2.47. The second kappa shape index (κ2) is 16.6. The molecule has 5 nitrogen and oxygen atoms in total. The minimum atomic E-state index is -0.237. The van der Waals surface area contributed by atoms with Crippen LogP contribution in [-0.4, -0.2) is 16.2 Å². The first-order valence-electron chi connectivity index (χ1n) is 24.1. The Morgan fingerprint density at radius 1 is 0.441 bits per heavy atom. The predicted molar refractivity (Wildman–Crippen MR) is 287 cm³/mol. The van der Waals surface area contributed by atoms with Crippen LogP contribution in [0.15, 0.2) is 176 Å². The van der Waals surface area contributed by atoms with Crippen LogP contribution in [0.2, 0.25) is 0 Å². The highest BCUT2D eigenvalue weighted by Crippen LogP contribution is 2.49. The van der Waals surface area contributed by atoms with E-state index < -0.39 is 0 Å². The van der Waals surface area contributed by atoms with Gasteiger partial charge in [0.2, 0.25) is 0 Å². The normalized spacial score (nSPS) is 13.4. The van der Waals surface area contributed by atoms with Crippen molar-refractivity contribution in [3.05, 3.63) is 204 Å². The van der Waals surface area contributed by atoms with Crippen molar-refractivity contribution in [1.29, 1.82) is 0 Å². The Balaban J connectivity index is 1.08. The lowest BCUT2D eigenvalue weighted by Crippen LogP contribution is -2.25. The van der Waals surface area contributed by atoms with E-state index in [9.17, 15) is 0 Å². The molecule has 0 saturated carbocycles. The van der Waals surface area contributed by atoms with Crippen molar-refractivity contribution >= 4 is 44.6 Å². The molecule has 1 aliphatic heterocycles. The molecule has 0 spiro atoms. The number of fused-ring (bicyclic) bond motifs is 4. The molecule has 0 amide bonds. The van der Waals surface area contributed by atoms with Gasteiger partial charge in [-0.1, -0.05) is 173 Å². The fourth-order valence-corrected chi connectivity index (χ4v) is 9.94. The van der Waals surface area contributed by atoms with Gasteiger partial charge < -0.3 is 14.5 Å². The number of para-hydroxylation sites is 1. The number of benzene rings is 7. The van der Waals surface area contributed by atoms with Gasteiger partial charge >= 0.3 is 0 Å². The van der Waals surface area contributed by atoms with Gasteiger partial charge in [-0.3, -0.25) is 4.57 Å². The average molecular weight is 893 g/mol. The second-order valence-electron chi connectivity index (χ2n) is 22.3. The minimum absolute atomic E-state index is 0.0253. The van der Waals surface area contributed by atoms with Crippen LogP contribution in [0.5, 0.6) is 11.5 Å². The van der Waals surface area contributed by atoms with E-state index in [1.54, 1.807) is 0 Å². The third-order valence-corrected chi connectivity index (χ3v) is 14.0. The largest absolute Gasteiger partial charge is 0.457 e. The van der Waals surface area contributed by atoms with Crippen LogP contribution in [0, 0.1) is 0 Å². The summed E-state index contributed by atoms with van der Waals surface area (Å²) < 4.78 is 9.36. The standard InChI is InChI=1S/C63H64N4O/c1-60(2,3)45-29-30-55-56(36-45)66(49-34-43(42-21-14-12-15-22-42)33-47(35-49)63(10,11)44-23-16-13-17-24-44)41-65(55)48-25-20-26-50(38-48)68-51-39-53(62(7,8)9)59-52-27-18-19-28-54(52)67(57(59)40-51)58-37-46(31-32-64-58)61(4,5)6/h12-40H,41H2,1-11H3. The zero-order valence-corrected chi connectivity index (χ0v) is 41.6. The lowest BCUT2D eigenvalue weighted by atomic mass is 9.77. The number of hydrogen-bond donors (Lipinski definition) is 0. The summed E-state index contributed by atoms with van der Waals surface area (Å²) in [7, 11) is 0. The maximum Gasteiger partial charge on any atom is 0.137 e. The van der Waals surface area contributed by atoms with Gasteiger partial charge in [-0.05, 0) is 116 Å². The molecule has 2 aromatic heterocycles. The average Bonchev–Trinajstić information content (AvgIpc) is 3.87. The van der Waals surface area contributed by atoms with Crippen LogP contribution in [-0.2, 0) is 21.7 Å². The molecule has 0 saturated heterocycles. The molecule has 0 fully saturated rings. The van der Waals surface area contributed by atoms with Gasteiger partial charge in [-0.2, -0.15) is 0 Å². The zero-order chi connectivity index (χ0) is 47.8. The third-order valence-electron chi connectivity index (χ3n) is 14.0. The van der Waals surface area contributed by atoms with Gasteiger partial charge in [0.1, 0.15) is 24.0 Å². The number of nitrogens with zero attached hydrogens (tertiary/aromatic N) is 4. The molecule has 342 valence electrons. The van der Waals surface area contributed by atoms with E-state index in [-0.39, 0.29) is 21.7 Å². The van der Waals surface area contributed by atoms with Crippen LogP contribution in [0.4, 0.5) is 22.7 Å². The number of anilines is 4. The van der Waals surface area contributed by atoms with Gasteiger partial charge in [-0.15, -0.1) is 0 Å². The number of ether oxygens (including phenoxy) is 1. The number of hydrogen-bond acceptors (Lipinski definition) is 4. The summed E-state index contributed by atoms with van der Waals surface area (Å²) in [4.78, 5) is 9.92. The zero-order valence-electron chi connectivity index (χ0n) is 41.6. The quantitative estimate of drug-likeness (QED) is 0.152. The fraction of sp³-hybridized carbons (Fsp3) is 0.254. The van der Waals surface area contributed by atoms with E-state index >= 15 is 0 Å². The molecule has 0 N–H and O–H groups in total. The molecule has 0 aliphatic carbocycles. The molecule has 9 aromatic rings. The van der Waals surface area contributed by atoms with E-state index in [2.05, 4.69) is 260 Å². The Bertz CT molecular complexity index is 3320. The number of pyridine rings is 1. The molecule has 10 rings (SSSR count). The maximum absolute atomic E-state index is 7.04. The van der Waals surface area contributed by atoms with Crippen molar-refractivity contribution in [3.8, 4) is 28.4 Å². The molecule has 0 atom stereocenters. The molecule has 7 aromatic carbocycles. The third kappa shape index (κ3) is 8.23. The summed E-state index contributed by atoms with van der Waals surface area (Å²) in [6.07, 6.45) is 1.94. The lowest BCUT2D eigenvalue weighted by molar-refractivity contribution is 0.480. The summed E-state index contributed by atoms with van der Waals surface area (Å²) in [5.41, 5.74) is 15.0. The Kier molecular flexibility index (Phi) is 10.9. The van der Waals surface area contributed by atoms with Crippen molar-refractivity contribution in [3.63, 3.8) is 0 Å². The van der Waals surface area contributed by atoms with E-state index in [1.165, 1.54) is 55.4 Å². The summed E-state index contributed by atoms with van der Waals surface area (Å²) in [6, 6.07) is 62.0. The van der Waals surface area contributed by atoms with Gasteiger partial charge in [0.15, 0.2) is 0 Å². The monoisotopic (exact) mass is 893 g/mol. The highest BCUT2D eigenvalue weighted by Gasteiger charge is 2.33. The maximum atomic E-state index is 7.04. The molecule has 1 aliphatic rings. The lowest BCUT2D eigenvalue weighted by Gasteiger charge is -2.30. The van der Waals surface area contributed by atoms with E-state index in [0.717, 1.165) is 45.4 Å². The summed E-state index contributed by atoms with van der Waals surface area (Å²) in [6.45, 7) is 25.8. The summed E-state index contributed by atoms with van der Waals surface area (Å²) >= 11 is 0. The van der Waals surface area contributed by atoms with Crippen molar-refractivity contribution < 1.29 is 4.74 Å². The van der Waals surface area contributed by atoms with Crippen LogP contribution < -0.4 is 14.5 Å². The smallest absolute Gasteiger partial charge is 0.137 e. The van der Waals surface area contributed by atoms with Crippen molar-refractivity contribution in [2.24, 2.45) is 0 Å². The molecule has 68 heavy (non-hydrogen) atoms. The number of rotatable bonds is 8. The highest BCUT2D eigenvalue weighted by molar-refractivity contribution is 6.11. The molecular formula is C63H64N4O. The van der Waals surface area contributed by atoms with Gasteiger partial charge in [0, 0.05) is 45.9 Å². The van der Waals surface area contributed by atoms with Crippen LogP contribution >= 0.6 is 0 Å². The van der Waals surface area contributed by atoms with E-state index in [4.69, 9.17) is 9.72 Å². The van der Waals surface area contributed by atoms with Gasteiger partial charge in [-0.25, -0.2) is 4.98 Å². The second-order valence-corrected chi connectivity index (χ2v) is 22.3. The fourth-order valence-electron chi connectivity index (χ4n) is 9.94. The van der Waals surface area contributed by atoms with Gasteiger partial charge in [0.25, 0.3) is 0 Å². The molecular weight excluding hydrogens is 829 g/mol. The van der Waals surface area contributed by atoms with Crippen LogP contribution in [0.3, 0.4) is 0 Å². The first kappa shape index (κ1) is 44.7. The van der Waals surface area contributed by atoms with E-state index in [0.29, 0.717) is 6.67 Å². The van der Waals surface area contributed by atoms with Gasteiger partial charge in [0.05, 0.1) is 22.4 Å². The minimum Gasteiger partial charge on any atom is -0.457 e. The molecule has 0 bridgehead atoms.